The van der Waals surface area contributed by atoms with E-state index in [1.807, 2.05) is 23.2 Å². The summed E-state index contributed by atoms with van der Waals surface area (Å²) in [5.74, 6) is 1.52. The first-order chi connectivity index (χ1) is 12.4. The van der Waals surface area contributed by atoms with Gasteiger partial charge < -0.3 is 4.90 Å². The largest absolute Gasteiger partial charge is 0.336 e. The maximum atomic E-state index is 12.6. The third-order valence-corrected chi connectivity index (χ3v) is 5.29. The summed E-state index contributed by atoms with van der Waals surface area (Å²) in [7, 11) is 0. The Hall–Kier alpha value is -1.65. The Labute approximate surface area is 164 Å². The van der Waals surface area contributed by atoms with Crippen molar-refractivity contribution in [2.45, 2.75) is 46.1 Å². The molecule has 0 atom stereocenters. The first-order valence-electron chi connectivity index (χ1n) is 8.97. The predicted molar refractivity (Wildman–Crippen MR) is 104 cm³/mol. The molecule has 0 saturated heterocycles. The summed E-state index contributed by atoms with van der Waals surface area (Å²) in [6.45, 7) is 5.60. The highest BCUT2D eigenvalue weighted by Gasteiger charge is 2.22. The van der Waals surface area contributed by atoms with Crippen molar-refractivity contribution in [1.82, 2.24) is 14.9 Å². The topological polar surface area (TPSA) is 46.1 Å². The van der Waals surface area contributed by atoms with Crippen molar-refractivity contribution in [3.05, 3.63) is 57.1 Å². The summed E-state index contributed by atoms with van der Waals surface area (Å²) in [5.41, 5.74) is 3.17. The normalized spacial score (nSPS) is 13.8. The van der Waals surface area contributed by atoms with E-state index in [-0.39, 0.29) is 5.91 Å². The van der Waals surface area contributed by atoms with Crippen LogP contribution in [0.5, 0.6) is 0 Å². The molecule has 0 bridgehead atoms. The van der Waals surface area contributed by atoms with E-state index in [0.717, 1.165) is 42.0 Å². The summed E-state index contributed by atoms with van der Waals surface area (Å²) in [5, 5.41) is 1.06. The van der Waals surface area contributed by atoms with Crippen molar-refractivity contribution >= 4 is 29.1 Å². The van der Waals surface area contributed by atoms with E-state index in [1.165, 1.54) is 0 Å². The zero-order valence-corrected chi connectivity index (χ0v) is 16.6. The summed E-state index contributed by atoms with van der Waals surface area (Å²) in [6.07, 6.45) is 4.71. The quantitative estimate of drug-likeness (QED) is 0.753. The molecule has 1 aromatic carbocycles. The molecule has 0 spiro atoms. The molecule has 1 aliphatic rings. The van der Waals surface area contributed by atoms with Gasteiger partial charge in [-0.15, -0.1) is 0 Å². The van der Waals surface area contributed by atoms with E-state index < -0.39 is 0 Å². The minimum Gasteiger partial charge on any atom is -0.336 e. The molecule has 4 nitrogen and oxygen atoms in total. The fourth-order valence-corrected chi connectivity index (χ4v) is 3.45. The highest BCUT2D eigenvalue weighted by molar-refractivity contribution is 6.42. The fourth-order valence-electron chi connectivity index (χ4n) is 3.13. The molecule has 0 N–H and O–H groups in total. The summed E-state index contributed by atoms with van der Waals surface area (Å²) < 4.78 is 0. The number of fused-ring (bicyclic) bond motifs is 1. The monoisotopic (exact) mass is 391 g/mol. The highest BCUT2D eigenvalue weighted by atomic mass is 35.5. The number of carbonyl (C=O) groups is 1. The standard InChI is InChI=1S/C20H23Cl2N3O/c1-13(2)9-19-23-11-15-7-8-25(12-18(15)24-19)20(26)6-4-14-3-5-16(21)17(22)10-14/h3,5,10-11,13H,4,6-9,12H2,1-2H3. The van der Waals surface area contributed by atoms with Crippen molar-refractivity contribution in [2.75, 3.05) is 6.54 Å². The molecule has 3 rings (SSSR count). The molecule has 0 saturated carbocycles. The van der Waals surface area contributed by atoms with Crippen molar-refractivity contribution in [2.24, 2.45) is 5.92 Å². The van der Waals surface area contributed by atoms with Crippen LogP contribution in [0.3, 0.4) is 0 Å². The Morgan fingerprint density at radius 3 is 2.81 bits per heavy atom. The molecule has 0 radical (unpaired) electrons. The number of aromatic nitrogens is 2. The number of hydrogen-bond donors (Lipinski definition) is 0. The van der Waals surface area contributed by atoms with Gasteiger partial charge >= 0.3 is 0 Å². The Bertz CT molecular complexity index is 808. The lowest BCUT2D eigenvalue weighted by Crippen LogP contribution is -2.36. The van der Waals surface area contributed by atoms with E-state index in [9.17, 15) is 4.79 Å². The Balaban J connectivity index is 1.62. The molecule has 1 amide bonds. The van der Waals surface area contributed by atoms with Gasteiger partial charge in [-0.25, -0.2) is 9.97 Å². The van der Waals surface area contributed by atoms with Crippen LogP contribution in [-0.2, 0) is 30.6 Å². The fraction of sp³-hybridized carbons (Fsp3) is 0.450. The van der Waals surface area contributed by atoms with Gasteiger partial charge in [-0.1, -0.05) is 43.1 Å². The third kappa shape index (κ3) is 4.74. The van der Waals surface area contributed by atoms with Gasteiger partial charge in [0, 0.05) is 25.6 Å². The third-order valence-electron chi connectivity index (χ3n) is 4.55. The van der Waals surface area contributed by atoms with Crippen LogP contribution in [0.2, 0.25) is 10.0 Å². The van der Waals surface area contributed by atoms with Gasteiger partial charge in [0.1, 0.15) is 5.82 Å². The molecule has 1 aliphatic heterocycles. The number of amides is 1. The minimum absolute atomic E-state index is 0.144. The highest BCUT2D eigenvalue weighted by Crippen LogP contribution is 2.24. The molecule has 1 aromatic heterocycles. The van der Waals surface area contributed by atoms with E-state index >= 15 is 0 Å². The number of halogens is 2. The number of aryl methyl sites for hydroxylation is 1. The Morgan fingerprint density at radius 1 is 1.27 bits per heavy atom. The Morgan fingerprint density at radius 2 is 2.08 bits per heavy atom. The summed E-state index contributed by atoms with van der Waals surface area (Å²) in [4.78, 5) is 23.7. The van der Waals surface area contributed by atoms with Gasteiger partial charge in [0.2, 0.25) is 5.91 Å². The molecule has 138 valence electrons. The number of nitrogens with zero attached hydrogens (tertiary/aromatic N) is 3. The van der Waals surface area contributed by atoms with Crippen LogP contribution in [0, 0.1) is 5.92 Å². The molecular formula is C20H23Cl2N3O. The van der Waals surface area contributed by atoms with Crippen LogP contribution in [0.25, 0.3) is 0 Å². The molecule has 0 fully saturated rings. The zero-order chi connectivity index (χ0) is 18.7. The summed E-state index contributed by atoms with van der Waals surface area (Å²) >= 11 is 12.0. The number of carbonyl (C=O) groups excluding carboxylic acids is 1. The molecule has 2 aromatic rings. The second-order valence-electron chi connectivity index (χ2n) is 7.17. The van der Waals surface area contributed by atoms with E-state index in [1.54, 1.807) is 6.07 Å². The predicted octanol–water partition coefficient (Wildman–Crippen LogP) is 4.50. The molecule has 26 heavy (non-hydrogen) atoms. The van der Waals surface area contributed by atoms with Gasteiger partial charge in [0.05, 0.1) is 22.3 Å². The molecule has 2 heterocycles. The smallest absolute Gasteiger partial charge is 0.223 e. The lowest BCUT2D eigenvalue weighted by molar-refractivity contribution is -0.132. The first-order valence-corrected chi connectivity index (χ1v) is 9.73. The number of rotatable bonds is 5. The maximum Gasteiger partial charge on any atom is 0.223 e. The van der Waals surface area contributed by atoms with Crippen LogP contribution in [0.1, 0.15) is 42.9 Å². The average molecular weight is 392 g/mol. The SMILES string of the molecule is CC(C)Cc1ncc2c(n1)CN(C(=O)CCc1ccc(Cl)c(Cl)c1)CC2. The van der Waals surface area contributed by atoms with Gasteiger partial charge in [-0.2, -0.15) is 0 Å². The molecular weight excluding hydrogens is 369 g/mol. The Kier molecular flexibility index (Phi) is 6.15. The molecule has 0 unspecified atom stereocenters. The van der Waals surface area contributed by atoms with Crippen molar-refractivity contribution in [3.8, 4) is 0 Å². The average Bonchev–Trinajstić information content (AvgIpc) is 2.61. The van der Waals surface area contributed by atoms with Crippen LogP contribution < -0.4 is 0 Å². The van der Waals surface area contributed by atoms with Crippen LogP contribution in [0.15, 0.2) is 24.4 Å². The second kappa shape index (κ2) is 8.36. The molecule has 0 aliphatic carbocycles. The van der Waals surface area contributed by atoms with Crippen LogP contribution in [-0.4, -0.2) is 27.3 Å². The van der Waals surface area contributed by atoms with Crippen molar-refractivity contribution in [1.29, 1.82) is 0 Å². The van der Waals surface area contributed by atoms with Crippen molar-refractivity contribution in [3.63, 3.8) is 0 Å². The lowest BCUT2D eigenvalue weighted by Gasteiger charge is -2.28. The van der Waals surface area contributed by atoms with Crippen molar-refractivity contribution < 1.29 is 4.79 Å². The van der Waals surface area contributed by atoms with E-state index in [4.69, 9.17) is 23.2 Å². The van der Waals surface area contributed by atoms with Crippen LogP contribution >= 0.6 is 23.2 Å². The van der Waals surface area contributed by atoms with Gasteiger partial charge in [0.25, 0.3) is 0 Å². The van der Waals surface area contributed by atoms with Gasteiger partial charge in [0.15, 0.2) is 0 Å². The van der Waals surface area contributed by atoms with Crippen LogP contribution in [0.4, 0.5) is 0 Å². The number of benzene rings is 1. The minimum atomic E-state index is 0.144. The first kappa shape index (κ1) is 19.1. The number of hydrogen-bond acceptors (Lipinski definition) is 3. The maximum absolute atomic E-state index is 12.6. The van der Waals surface area contributed by atoms with E-state index in [2.05, 4.69) is 23.8 Å². The molecule has 6 heteroatoms. The van der Waals surface area contributed by atoms with E-state index in [0.29, 0.717) is 35.3 Å². The summed E-state index contributed by atoms with van der Waals surface area (Å²) in [6, 6.07) is 5.51. The van der Waals surface area contributed by atoms with Gasteiger partial charge in [-0.3, -0.25) is 4.79 Å². The second-order valence-corrected chi connectivity index (χ2v) is 7.98. The van der Waals surface area contributed by atoms with Gasteiger partial charge in [-0.05, 0) is 42.0 Å². The lowest BCUT2D eigenvalue weighted by atomic mass is 10.0. The zero-order valence-electron chi connectivity index (χ0n) is 15.1.